The third kappa shape index (κ3) is 5.01. The number of hydrogen-bond donors (Lipinski definition) is 1. The van der Waals surface area contributed by atoms with Gasteiger partial charge in [0.25, 0.3) is 5.91 Å². The molecule has 1 amide bonds. The Labute approximate surface area is 213 Å². The van der Waals surface area contributed by atoms with Gasteiger partial charge in [-0.2, -0.15) is 13.2 Å². The van der Waals surface area contributed by atoms with Crippen LogP contribution in [0.5, 0.6) is 5.75 Å². The number of halogens is 4. The summed E-state index contributed by atoms with van der Waals surface area (Å²) in [6.45, 7) is -0.428. The van der Waals surface area contributed by atoms with E-state index in [1.807, 2.05) is 0 Å². The van der Waals surface area contributed by atoms with Crippen LogP contribution in [0.15, 0.2) is 94.1 Å². The molecule has 0 radical (unpaired) electrons. The minimum absolute atomic E-state index is 0.0494. The van der Waals surface area contributed by atoms with Crippen molar-refractivity contribution in [1.29, 1.82) is 0 Å². The molecule has 5 nitrogen and oxygen atoms in total. The Morgan fingerprint density at radius 1 is 0.919 bits per heavy atom. The third-order valence-corrected chi connectivity index (χ3v) is 5.89. The lowest BCUT2D eigenvalue weighted by Crippen LogP contribution is -2.20. The van der Waals surface area contributed by atoms with E-state index >= 15 is 0 Å². The molecule has 0 saturated heterocycles. The molecule has 1 N–H and O–H groups in total. The lowest BCUT2D eigenvalue weighted by atomic mass is 9.96. The van der Waals surface area contributed by atoms with E-state index in [0.717, 1.165) is 6.07 Å². The Bertz CT molecular complexity index is 1710. The molecule has 0 unspecified atom stereocenters. The van der Waals surface area contributed by atoms with E-state index in [1.54, 1.807) is 60.7 Å². The number of anilines is 1. The number of fused-ring (bicyclic) bond motifs is 2. The van der Waals surface area contributed by atoms with Gasteiger partial charge in [-0.25, -0.2) is 0 Å². The molecule has 1 heterocycles. The first kappa shape index (κ1) is 24.4. The maximum absolute atomic E-state index is 14.1. The summed E-state index contributed by atoms with van der Waals surface area (Å²) in [5.74, 6) is -1.86. The largest absolute Gasteiger partial charge is 0.484 e. The second-order valence-electron chi connectivity index (χ2n) is 8.16. The van der Waals surface area contributed by atoms with E-state index in [-0.39, 0.29) is 22.3 Å². The van der Waals surface area contributed by atoms with Gasteiger partial charge in [0.2, 0.25) is 11.2 Å². The van der Waals surface area contributed by atoms with Gasteiger partial charge in [-0.3, -0.25) is 9.59 Å². The van der Waals surface area contributed by atoms with E-state index < -0.39 is 35.4 Å². The maximum atomic E-state index is 14.1. The number of nitrogens with one attached hydrogen (secondary N) is 1. The molecular formula is C28H17ClF3NO4. The predicted molar refractivity (Wildman–Crippen MR) is 136 cm³/mol. The van der Waals surface area contributed by atoms with E-state index in [9.17, 15) is 22.8 Å². The van der Waals surface area contributed by atoms with E-state index in [4.69, 9.17) is 20.8 Å². The van der Waals surface area contributed by atoms with E-state index in [1.165, 1.54) is 18.2 Å². The van der Waals surface area contributed by atoms with Gasteiger partial charge < -0.3 is 14.5 Å². The molecule has 0 bridgehead atoms. The average Bonchev–Trinajstić information content (AvgIpc) is 2.86. The van der Waals surface area contributed by atoms with Crippen molar-refractivity contribution in [3.05, 3.63) is 106 Å². The van der Waals surface area contributed by atoms with Gasteiger partial charge in [0.05, 0.1) is 10.9 Å². The fourth-order valence-electron chi connectivity index (χ4n) is 4.06. The normalized spacial score (nSPS) is 11.6. The smallest absolute Gasteiger partial charge is 0.450 e. The zero-order valence-corrected chi connectivity index (χ0v) is 19.7. The fourth-order valence-corrected chi connectivity index (χ4v) is 4.25. The Morgan fingerprint density at radius 2 is 1.68 bits per heavy atom. The topological polar surface area (TPSA) is 68.5 Å². The van der Waals surface area contributed by atoms with Crippen LogP contribution in [0.25, 0.3) is 32.9 Å². The van der Waals surface area contributed by atoms with Crippen molar-refractivity contribution in [3.8, 4) is 16.9 Å². The lowest BCUT2D eigenvalue weighted by Gasteiger charge is -2.15. The highest BCUT2D eigenvalue weighted by Gasteiger charge is 2.39. The Hall–Kier alpha value is -4.30. The first-order valence-electron chi connectivity index (χ1n) is 11.0. The van der Waals surface area contributed by atoms with Crippen molar-refractivity contribution < 1.29 is 27.1 Å². The number of alkyl halides is 3. The van der Waals surface area contributed by atoms with E-state index in [2.05, 4.69) is 5.32 Å². The average molecular weight is 524 g/mol. The molecule has 5 rings (SSSR count). The number of rotatable bonds is 5. The number of amides is 1. The molecule has 0 saturated carbocycles. The van der Waals surface area contributed by atoms with Gasteiger partial charge in [-0.05, 0) is 46.7 Å². The SMILES string of the molecule is O=C(COc1ccc2c(=O)c(-c3cccc4ccccc34)c(C(F)(F)F)oc2c1)Nc1cccc(Cl)c1. The second kappa shape index (κ2) is 9.63. The number of ether oxygens (including phenoxy) is 1. The van der Waals surface area contributed by atoms with Crippen LogP contribution in [0.3, 0.4) is 0 Å². The summed E-state index contributed by atoms with van der Waals surface area (Å²) in [7, 11) is 0. The molecule has 37 heavy (non-hydrogen) atoms. The van der Waals surface area contributed by atoms with Crippen molar-refractivity contribution in [3.63, 3.8) is 0 Å². The van der Waals surface area contributed by atoms with Crippen molar-refractivity contribution in [2.75, 3.05) is 11.9 Å². The molecule has 9 heteroatoms. The minimum Gasteiger partial charge on any atom is -0.484 e. The summed E-state index contributed by atoms with van der Waals surface area (Å²) in [5, 5.41) is 4.17. The molecule has 1 aromatic heterocycles. The van der Waals surface area contributed by atoms with Crippen LogP contribution in [0, 0.1) is 0 Å². The zero-order chi connectivity index (χ0) is 26.2. The number of hydrogen-bond acceptors (Lipinski definition) is 4. The standard InChI is InChI=1S/C28H17ClF3NO4/c29-17-7-4-8-18(13-17)33-24(34)15-36-19-11-12-22-23(14-19)37-27(28(30,31)32)25(26(22)35)21-10-3-6-16-5-1-2-9-20(16)21/h1-14H,15H2,(H,33,34). The van der Waals surface area contributed by atoms with Crippen LogP contribution < -0.4 is 15.5 Å². The van der Waals surface area contributed by atoms with Gasteiger partial charge in [-0.15, -0.1) is 0 Å². The first-order chi connectivity index (χ1) is 17.7. The molecule has 186 valence electrons. The first-order valence-corrected chi connectivity index (χ1v) is 11.4. The second-order valence-corrected chi connectivity index (χ2v) is 8.60. The summed E-state index contributed by atoms with van der Waals surface area (Å²) < 4.78 is 53.0. The van der Waals surface area contributed by atoms with E-state index in [0.29, 0.717) is 21.5 Å². The Kier molecular flexibility index (Phi) is 6.35. The van der Waals surface area contributed by atoms with Crippen LogP contribution >= 0.6 is 11.6 Å². The monoisotopic (exact) mass is 523 g/mol. The maximum Gasteiger partial charge on any atom is 0.450 e. The molecule has 0 aliphatic carbocycles. The summed E-state index contributed by atoms with van der Waals surface area (Å²) in [6, 6.07) is 22.0. The molecule has 0 aliphatic heterocycles. The van der Waals surface area contributed by atoms with Crippen molar-refractivity contribution >= 4 is 44.9 Å². The third-order valence-electron chi connectivity index (χ3n) is 5.66. The summed E-state index contributed by atoms with van der Waals surface area (Å²) in [6.07, 6.45) is -4.94. The number of carbonyl (C=O) groups excluding carboxylic acids is 1. The summed E-state index contributed by atoms with van der Waals surface area (Å²) >= 11 is 5.89. The van der Waals surface area contributed by atoms with Crippen LogP contribution in [0.4, 0.5) is 18.9 Å². The quantitative estimate of drug-likeness (QED) is 0.262. The molecule has 4 aromatic carbocycles. The molecule has 5 aromatic rings. The van der Waals surface area contributed by atoms with Crippen LogP contribution in [-0.2, 0) is 11.0 Å². The molecule has 0 spiro atoms. The molecular weight excluding hydrogens is 507 g/mol. The predicted octanol–water partition coefficient (Wildman–Crippen LogP) is 7.30. The molecule has 0 aliphatic rings. The van der Waals surface area contributed by atoms with Crippen LogP contribution in [-0.4, -0.2) is 12.5 Å². The van der Waals surface area contributed by atoms with Crippen LogP contribution in [0.1, 0.15) is 5.76 Å². The van der Waals surface area contributed by atoms with Crippen molar-refractivity contribution in [1.82, 2.24) is 0 Å². The zero-order valence-electron chi connectivity index (χ0n) is 18.9. The highest BCUT2D eigenvalue weighted by molar-refractivity contribution is 6.30. The molecule has 0 fully saturated rings. The van der Waals surface area contributed by atoms with Gasteiger partial charge in [0.1, 0.15) is 11.3 Å². The number of carbonyl (C=O) groups is 1. The number of benzene rings is 4. The lowest BCUT2D eigenvalue weighted by molar-refractivity contribution is -0.152. The van der Waals surface area contributed by atoms with Crippen molar-refractivity contribution in [2.24, 2.45) is 0 Å². The van der Waals surface area contributed by atoms with Gasteiger partial charge in [0.15, 0.2) is 6.61 Å². The Morgan fingerprint density at radius 3 is 2.46 bits per heavy atom. The van der Waals surface area contributed by atoms with Gasteiger partial charge in [0, 0.05) is 16.8 Å². The Balaban J connectivity index is 1.51. The van der Waals surface area contributed by atoms with Gasteiger partial charge >= 0.3 is 6.18 Å². The van der Waals surface area contributed by atoms with Gasteiger partial charge in [-0.1, -0.05) is 60.1 Å². The van der Waals surface area contributed by atoms with Crippen LogP contribution in [0.2, 0.25) is 5.02 Å². The molecule has 0 atom stereocenters. The minimum atomic E-state index is -4.94. The highest BCUT2D eigenvalue weighted by Crippen LogP contribution is 2.39. The highest BCUT2D eigenvalue weighted by atomic mass is 35.5. The van der Waals surface area contributed by atoms with Crippen molar-refractivity contribution in [2.45, 2.75) is 6.18 Å². The summed E-state index contributed by atoms with van der Waals surface area (Å²) in [4.78, 5) is 25.6. The summed E-state index contributed by atoms with van der Waals surface area (Å²) in [5.41, 5.74) is -1.11. The fraction of sp³-hybridized carbons (Fsp3) is 0.0714.